The number of amides is 1. The number of rotatable bonds is 7. The molecule has 1 N–H and O–H groups in total. The van der Waals surface area contributed by atoms with E-state index >= 15 is 0 Å². The summed E-state index contributed by atoms with van der Waals surface area (Å²) >= 11 is 6.08. The molecule has 0 spiro atoms. The van der Waals surface area contributed by atoms with E-state index in [1.54, 1.807) is 0 Å². The van der Waals surface area contributed by atoms with Gasteiger partial charge >= 0.3 is 0 Å². The third-order valence-corrected chi connectivity index (χ3v) is 4.31. The van der Waals surface area contributed by atoms with Crippen molar-refractivity contribution in [3.8, 4) is 5.75 Å². The van der Waals surface area contributed by atoms with Gasteiger partial charge in [0.25, 0.3) is 5.91 Å². The lowest BCUT2D eigenvalue weighted by Gasteiger charge is -2.11. The van der Waals surface area contributed by atoms with Crippen LogP contribution in [0.2, 0.25) is 0 Å². The average Bonchev–Trinajstić information content (AvgIpc) is 2.91. The van der Waals surface area contributed by atoms with E-state index in [-0.39, 0.29) is 11.3 Å². The van der Waals surface area contributed by atoms with E-state index in [0.29, 0.717) is 11.5 Å². The zero-order chi connectivity index (χ0) is 15.1. The van der Waals surface area contributed by atoms with Crippen LogP contribution in [-0.4, -0.2) is 24.4 Å². The summed E-state index contributed by atoms with van der Waals surface area (Å²) in [6.07, 6.45) is 5.34. The van der Waals surface area contributed by atoms with E-state index < -0.39 is 0 Å². The zero-order valence-electron chi connectivity index (χ0n) is 12.6. The molecule has 0 heterocycles. The number of carbonyl (C=O) groups excluding carboxylic acids is 1. The van der Waals surface area contributed by atoms with Crippen LogP contribution < -0.4 is 10.1 Å². The lowest BCUT2D eigenvalue weighted by Crippen LogP contribution is -2.28. The highest BCUT2D eigenvalue weighted by atomic mass is 35.5. The van der Waals surface area contributed by atoms with Gasteiger partial charge in [-0.3, -0.25) is 4.79 Å². The second kappa shape index (κ2) is 8.28. The summed E-state index contributed by atoms with van der Waals surface area (Å²) in [4.78, 5) is 12.1. The molecule has 1 aromatic rings. The van der Waals surface area contributed by atoms with E-state index in [1.807, 2.05) is 24.3 Å². The van der Waals surface area contributed by atoms with E-state index in [1.165, 1.54) is 0 Å². The first-order valence-corrected chi connectivity index (χ1v) is 8.27. The van der Waals surface area contributed by atoms with Gasteiger partial charge in [0, 0.05) is 17.5 Å². The smallest absolute Gasteiger partial charge is 0.251 e. The molecule has 2 unspecified atom stereocenters. The summed E-state index contributed by atoms with van der Waals surface area (Å²) in [6.45, 7) is 3.58. The average molecular weight is 310 g/mol. The molecule has 1 aliphatic rings. The van der Waals surface area contributed by atoms with Gasteiger partial charge in [0.1, 0.15) is 5.75 Å². The van der Waals surface area contributed by atoms with Crippen molar-refractivity contribution in [3.63, 3.8) is 0 Å². The number of halogens is 1. The topological polar surface area (TPSA) is 38.3 Å². The van der Waals surface area contributed by atoms with Gasteiger partial charge in [0.2, 0.25) is 0 Å². The first-order valence-electron chi connectivity index (χ1n) is 7.84. The van der Waals surface area contributed by atoms with E-state index in [4.69, 9.17) is 16.3 Å². The molecule has 0 aromatic heterocycles. The minimum Gasteiger partial charge on any atom is -0.494 e. The van der Waals surface area contributed by atoms with Gasteiger partial charge in [-0.15, -0.1) is 11.6 Å². The molecule has 0 saturated heterocycles. The fourth-order valence-corrected chi connectivity index (χ4v) is 2.95. The Morgan fingerprint density at radius 2 is 2.10 bits per heavy atom. The van der Waals surface area contributed by atoms with E-state index in [0.717, 1.165) is 51.0 Å². The highest BCUT2D eigenvalue weighted by Gasteiger charge is 2.23. The molecule has 21 heavy (non-hydrogen) atoms. The molecule has 116 valence electrons. The third kappa shape index (κ3) is 5.24. The predicted molar refractivity (Wildman–Crippen MR) is 86.2 cm³/mol. The normalized spacial score (nSPS) is 21.2. The summed E-state index contributed by atoms with van der Waals surface area (Å²) in [5, 5.41) is 3.28. The first kappa shape index (κ1) is 16.2. The Morgan fingerprint density at radius 3 is 2.71 bits per heavy atom. The van der Waals surface area contributed by atoms with Crippen LogP contribution in [0.15, 0.2) is 24.3 Å². The lowest BCUT2D eigenvalue weighted by atomic mass is 10.1. The standard InChI is InChI=1S/C17H24ClNO2/c1-2-3-10-21-16-8-5-14(6-9-16)17(20)19-12-13-4-7-15(18)11-13/h5-6,8-9,13,15H,2-4,7,10-12H2,1H3,(H,19,20). The lowest BCUT2D eigenvalue weighted by molar-refractivity contribution is 0.0947. The summed E-state index contributed by atoms with van der Waals surface area (Å²) in [6, 6.07) is 7.34. The Morgan fingerprint density at radius 1 is 1.33 bits per heavy atom. The fourth-order valence-electron chi connectivity index (χ4n) is 2.58. The maximum atomic E-state index is 12.1. The third-order valence-electron chi connectivity index (χ3n) is 3.91. The minimum atomic E-state index is -0.0202. The number of hydrogen-bond acceptors (Lipinski definition) is 2. The van der Waals surface area contributed by atoms with Crippen molar-refractivity contribution >= 4 is 17.5 Å². The van der Waals surface area contributed by atoms with E-state index in [2.05, 4.69) is 12.2 Å². The van der Waals surface area contributed by atoms with Crippen LogP contribution >= 0.6 is 11.6 Å². The Kier molecular flexibility index (Phi) is 6.37. The zero-order valence-corrected chi connectivity index (χ0v) is 13.4. The maximum Gasteiger partial charge on any atom is 0.251 e. The monoisotopic (exact) mass is 309 g/mol. The first-order chi connectivity index (χ1) is 10.2. The van der Waals surface area contributed by atoms with Crippen LogP contribution in [0.4, 0.5) is 0 Å². The quantitative estimate of drug-likeness (QED) is 0.610. The molecule has 1 fully saturated rings. The van der Waals surface area contributed by atoms with Gasteiger partial charge in [-0.1, -0.05) is 13.3 Å². The molecule has 1 amide bonds. The molecule has 1 saturated carbocycles. The van der Waals surface area contributed by atoms with E-state index in [9.17, 15) is 4.79 Å². The summed E-state index contributed by atoms with van der Waals surface area (Å²) < 4.78 is 5.59. The number of benzene rings is 1. The Labute approximate surface area is 132 Å². The van der Waals surface area contributed by atoms with Crippen LogP contribution in [0.3, 0.4) is 0 Å². The van der Waals surface area contributed by atoms with Crippen molar-refractivity contribution in [1.82, 2.24) is 5.32 Å². The van der Waals surface area contributed by atoms with Gasteiger partial charge in [0.15, 0.2) is 0 Å². The number of nitrogens with one attached hydrogen (secondary N) is 1. The number of unbranched alkanes of at least 4 members (excludes halogenated alkanes) is 1. The highest BCUT2D eigenvalue weighted by molar-refractivity contribution is 6.20. The molecular formula is C17H24ClNO2. The molecule has 2 atom stereocenters. The van der Waals surface area contributed by atoms with Gasteiger partial charge < -0.3 is 10.1 Å². The number of carbonyl (C=O) groups is 1. The number of hydrogen-bond donors (Lipinski definition) is 1. The fraction of sp³-hybridized carbons (Fsp3) is 0.588. The van der Waals surface area contributed by atoms with Gasteiger partial charge in [-0.05, 0) is 55.9 Å². The summed E-state index contributed by atoms with van der Waals surface area (Å²) in [5.41, 5.74) is 0.679. The summed E-state index contributed by atoms with van der Waals surface area (Å²) in [7, 11) is 0. The summed E-state index contributed by atoms with van der Waals surface area (Å²) in [5.74, 6) is 1.32. The van der Waals surface area contributed by atoms with Crippen LogP contribution in [-0.2, 0) is 0 Å². The van der Waals surface area contributed by atoms with Crippen molar-refractivity contribution in [1.29, 1.82) is 0 Å². The largest absolute Gasteiger partial charge is 0.494 e. The van der Waals surface area contributed by atoms with Crippen LogP contribution in [0.25, 0.3) is 0 Å². The van der Waals surface area contributed by atoms with Crippen LogP contribution in [0.1, 0.15) is 49.4 Å². The SMILES string of the molecule is CCCCOc1ccc(C(=O)NCC2CCC(Cl)C2)cc1. The van der Waals surface area contributed by atoms with Gasteiger partial charge in [-0.25, -0.2) is 0 Å². The van der Waals surface area contributed by atoms with Crippen molar-refractivity contribution in [3.05, 3.63) is 29.8 Å². The molecule has 1 aromatic carbocycles. The second-order valence-corrected chi connectivity index (χ2v) is 6.33. The Bertz CT molecular complexity index is 447. The minimum absolute atomic E-state index is 0.0202. The highest BCUT2D eigenvalue weighted by Crippen LogP contribution is 2.28. The molecule has 0 radical (unpaired) electrons. The molecule has 0 bridgehead atoms. The number of ether oxygens (including phenoxy) is 1. The van der Waals surface area contributed by atoms with Crippen molar-refractivity contribution in [2.75, 3.05) is 13.2 Å². The Balaban J connectivity index is 1.76. The molecule has 2 rings (SSSR count). The molecule has 3 nitrogen and oxygen atoms in total. The van der Waals surface area contributed by atoms with Gasteiger partial charge in [0.05, 0.1) is 6.61 Å². The molecule has 4 heteroatoms. The van der Waals surface area contributed by atoms with Crippen molar-refractivity contribution in [2.45, 2.75) is 44.4 Å². The second-order valence-electron chi connectivity index (χ2n) is 5.71. The molecular weight excluding hydrogens is 286 g/mol. The Hall–Kier alpha value is -1.22. The predicted octanol–water partition coefficient (Wildman–Crippen LogP) is 4.00. The van der Waals surface area contributed by atoms with Crippen molar-refractivity contribution in [2.24, 2.45) is 5.92 Å². The van der Waals surface area contributed by atoms with Gasteiger partial charge in [-0.2, -0.15) is 0 Å². The molecule has 0 aliphatic heterocycles. The van der Waals surface area contributed by atoms with Crippen molar-refractivity contribution < 1.29 is 9.53 Å². The molecule has 1 aliphatic carbocycles. The maximum absolute atomic E-state index is 12.1. The van der Waals surface area contributed by atoms with Crippen LogP contribution in [0.5, 0.6) is 5.75 Å². The number of alkyl halides is 1. The van der Waals surface area contributed by atoms with Crippen LogP contribution in [0, 0.1) is 5.92 Å².